The van der Waals surface area contributed by atoms with Gasteiger partial charge in [-0.1, -0.05) is 85.0 Å². The molecule has 51 heavy (non-hydrogen) atoms. The molecule has 0 aromatic heterocycles. The zero-order chi connectivity index (χ0) is 37.1. The summed E-state index contributed by atoms with van der Waals surface area (Å²) in [7, 11) is 2.64. The van der Waals surface area contributed by atoms with Crippen LogP contribution in [0.5, 0.6) is 0 Å². The number of allylic oxidation sites excluding steroid dienone is 2. The van der Waals surface area contributed by atoms with Crippen LogP contribution in [0, 0.1) is 0 Å². The molecule has 2 fully saturated rings. The van der Waals surface area contributed by atoms with Gasteiger partial charge in [-0.25, -0.2) is 9.59 Å². The highest BCUT2D eigenvalue weighted by Crippen LogP contribution is 2.20. The van der Waals surface area contributed by atoms with Gasteiger partial charge in [0, 0.05) is 38.4 Å². The number of barbiturate groups is 2. The molecule has 0 unspecified atom stereocenters. The summed E-state index contributed by atoms with van der Waals surface area (Å²) in [6.45, 7) is 7.15. The SMILES string of the molecule is C=CCN1C(=O)C(=C/C=C/c2ccccc2)C(=O)N(CC=C)C1=O.CN1C(=O)C(=Cc2ccc(C(=O)Nc3ccccc3)cc2)C(=O)N(C)C1=O. The first-order valence-corrected chi connectivity index (χ1v) is 15.6. The quantitative estimate of drug-likeness (QED) is 0.186. The molecule has 12 heteroatoms. The number of nitrogens with zero attached hydrogens (tertiary/aromatic N) is 4. The van der Waals surface area contributed by atoms with E-state index in [9.17, 15) is 33.6 Å². The second kappa shape index (κ2) is 16.9. The summed E-state index contributed by atoms with van der Waals surface area (Å²) in [4.78, 5) is 89.2. The number of carbonyl (C=O) groups excluding carboxylic acids is 7. The molecule has 0 spiro atoms. The van der Waals surface area contributed by atoms with Gasteiger partial charge in [0.25, 0.3) is 29.5 Å². The fourth-order valence-corrected chi connectivity index (χ4v) is 4.84. The minimum Gasteiger partial charge on any atom is -0.322 e. The first-order valence-electron chi connectivity index (χ1n) is 15.6. The Morgan fingerprint density at radius 3 is 1.65 bits per heavy atom. The fourth-order valence-electron chi connectivity index (χ4n) is 4.84. The lowest BCUT2D eigenvalue weighted by Crippen LogP contribution is -2.56. The molecular formula is C39H35N5O7. The fraction of sp³-hybridized carbons (Fsp3) is 0.103. The summed E-state index contributed by atoms with van der Waals surface area (Å²) in [5.74, 6) is -2.83. The standard InChI is InChI=1S/C20H17N3O4.C19H18N2O3/c1-22-18(25)16(19(26)23(2)20(22)27)12-13-8-10-14(11-9-13)17(24)21-15-6-4-3-5-7-15;1-3-13-20-17(22)16(18(23)21(14-4-2)19(20)24)12-8-11-15-9-6-5-7-10-15/h3-12H,1-2H3,(H,21,24);3-12H,1-2,13-14H2/b;11-8+. The van der Waals surface area contributed by atoms with Crippen molar-refractivity contribution in [1.29, 1.82) is 0 Å². The minimum absolute atomic E-state index is 0.0400. The molecule has 5 rings (SSSR count). The van der Waals surface area contributed by atoms with Crippen LogP contribution in [0.25, 0.3) is 12.2 Å². The van der Waals surface area contributed by atoms with Crippen molar-refractivity contribution in [2.24, 2.45) is 0 Å². The zero-order valence-corrected chi connectivity index (χ0v) is 28.0. The lowest BCUT2D eigenvalue weighted by atomic mass is 10.1. The van der Waals surface area contributed by atoms with Crippen molar-refractivity contribution in [3.63, 3.8) is 0 Å². The lowest BCUT2D eigenvalue weighted by Gasteiger charge is -2.32. The third-order valence-electron chi connectivity index (χ3n) is 7.55. The van der Waals surface area contributed by atoms with Gasteiger partial charge in [-0.15, -0.1) is 13.2 Å². The van der Waals surface area contributed by atoms with Gasteiger partial charge < -0.3 is 5.32 Å². The maximum absolute atomic E-state index is 12.4. The van der Waals surface area contributed by atoms with Crippen molar-refractivity contribution in [1.82, 2.24) is 19.6 Å². The molecule has 2 aliphatic rings. The Hall–Kier alpha value is -6.95. The largest absolute Gasteiger partial charge is 0.334 e. The predicted molar refractivity (Wildman–Crippen MR) is 193 cm³/mol. The van der Waals surface area contributed by atoms with Crippen molar-refractivity contribution in [3.8, 4) is 0 Å². The van der Waals surface area contributed by atoms with E-state index in [1.165, 1.54) is 38.4 Å². The molecule has 0 aliphatic carbocycles. The number of carbonyl (C=O) groups is 7. The normalized spacial score (nSPS) is 14.8. The number of rotatable bonds is 9. The Bertz CT molecular complexity index is 1910. The van der Waals surface area contributed by atoms with E-state index >= 15 is 0 Å². The maximum Gasteiger partial charge on any atom is 0.334 e. The third kappa shape index (κ3) is 8.75. The first-order chi connectivity index (χ1) is 24.5. The summed E-state index contributed by atoms with van der Waals surface area (Å²) >= 11 is 0. The number of imide groups is 4. The number of hydrogen-bond donors (Lipinski definition) is 1. The molecule has 1 N–H and O–H groups in total. The van der Waals surface area contributed by atoms with Crippen LogP contribution in [0.4, 0.5) is 15.3 Å². The Balaban J connectivity index is 0.000000230. The van der Waals surface area contributed by atoms with Crippen molar-refractivity contribution in [2.45, 2.75) is 0 Å². The van der Waals surface area contributed by atoms with Crippen molar-refractivity contribution in [3.05, 3.63) is 150 Å². The highest BCUT2D eigenvalue weighted by atomic mass is 16.2. The van der Waals surface area contributed by atoms with Crippen LogP contribution in [0.15, 0.2) is 134 Å². The van der Waals surface area contributed by atoms with Gasteiger partial charge in [-0.05, 0) is 47.5 Å². The van der Waals surface area contributed by atoms with Crippen LogP contribution in [0.3, 0.4) is 0 Å². The maximum atomic E-state index is 12.4. The molecule has 3 aromatic carbocycles. The Labute approximate surface area is 294 Å². The van der Waals surface area contributed by atoms with E-state index in [4.69, 9.17) is 0 Å². The molecule has 2 aliphatic heterocycles. The number of para-hydroxylation sites is 1. The van der Waals surface area contributed by atoms with Crippen molar-refractivity contribution >= 4 is 59.4 Å². The molecule has 12 nitrogen and oxygen atoms in total. The summed E-state index contributed by atoms with van der Waals surface area (Å²) in [5, 5.41) is 2.78. The van der Waals surface area contributed by atoms with Crippen molar-refractivity contribution in [2.75, 3.05) is 32.5 Å². The zero-order valence-electron chi connectivity index (χ0n) is 28.0. The van der Waals surface area contributed by atoms with Gasteiger partial charge in [-0.3, -0.25) is 43.6 Å². The number of hydrogen-bond acceptors (Lipinski definition) is 7. The highest BCUT2D eigenvalue weighted by Gasteiger charge is 2.40. The van der Waals surface area contributed by atoms with Gasteiger partial charge >= 0.3 is 12.1 Å². The van der Waals surface area contributed by atoms with E-state index in [2.05, 4.69) is 18.5 Å². The molecule has 0 radical (unpaired) electrons. The van der Waals surface area contributed by atoms with Gasteiger partial charge in [0.1, 0.15) is 11.1 Å². The number of anilines is 1. The van der Waals surface area contributed by atoms with Gasteiger partial charge in [0.15, 0.2) is 0 Å². The van der Waals surface area contributed by atoms with E-state index in [1.807, 2.05) is 48.5 Å². The van der Waals surface area contributed by atoms with Crippen LogP contribution in [0.2, 0.25) is 0 Å². The van der Waals surface area contributed by atoms with Gasteiger partial charge in [-0.2, -0.15) is 0 Å². The van der Waals surface area contributed by atoms with Crippen LogP contribution in [-0.2, 0) is 19.2 Å². The first kappa shape index (κ1) is 36.9. The second-order valence-corrected chi connectivity index (χ2v) is 11.1. The van der Waals surface area contributed by atoms with Gasteiger partial charge in [0.05, 0.1) is 0 Å². The van der Waals surface area contributed by atoms with Gasteiger partial charge in [0.2, 0.25) is 0 Å². The lowest BCUT2D eigenvalue weighted by molar-refractivity contribution is -0.136. The van der Waals surface area contributed by atoms with E-state index in [1.54, 1.807) is 48.6 Å². The second-order valence-electron chi connectivity index (χ2n) is 11.1. The average Bonchev–Trinajstić information content (AvgIpc) is 3.15. The van der Waals surface area contributed by atoms with E-state index in [0.29, 0.717) is 16.8 Å². The Kier molecular flexibility index (Phi) is 12.2. The molecule has 2 saturated heterocycles. The number of urea groups is 2. The number of nitrogens with one attached hydrogen (secondary N) is 1. The van der Waals surface area contributed by atoms with Crippen LogP contribution in [0.1, 0.15) is 21.5 Å². The van der Waals surface area contributed by atoms with E-state index in [0.717, 1.165) is 25.2 Å². The topological polar surface area (TPSA) is 144 Å². The minimum atomic E-state index is -0.671. The predicted octanol–water partition coefficient (Wildman–Crippen LogP) is 5.16. The third-order valence-corrected chi connectivity index (χ3v) is 7.55. The molecule has 2 heterocycles. The molecule has 3 aromatic rings. The summed E-state index contributed by atoms with van der Waals surface area (Å²) in [6.07, 6.45) is 9.11. The number of benzene rings is 3. The molecule has 0 saturated carbocycles. The summed E-state index contributed by atoms with van der Waals surface area (Å²) < 4.78 is 0. The van der Waals surface area contributed by atoms with E-state index < -0.39 is 35.7 Å². The van der Waals surface area contributed by atoms with Crippen molar-refractivity contribution < 1.29 is 33.6 Å². The monoisotopic (exact) mass is 685 g/mol. The summed E-state index contributed by atoms with van der Waals surface area (Å²) in [5.41, 5.74) is 2.45. The van der Waals surface area contributed by atoms with Crippen LogP contribution >= 0.6 is 0 Å². The number of amides is 9. The molecule has 258 valence electrons. The molecule has 9 amide bonds. The number of likely N-dealkylation sites (N-methyl/N-ethyl adjacent to an activating group) is 2. The highest BCUT2D eigenvalue weighted by molar-refractivity contribution is 6.31. The Morgan fingerprint density at radius 1 is 0.627 bits per heavy atom. The molecule has 0 bridgehead atoms. The average molecular weight is 686 g/mol. The molecule has 0 atom stereocenters. The van der Waals surface area contributed by atoms with E-state index in [-0.39, 0.29) is 30.1 Å². The van der Waals surface area contributed by atoms with Crippen LogP contribution < -0.4 is 5.32 Å². The Morgan fingerprint density at radius 2 is 1.14 bits per heavy atom. The molecular weight excluding hydrogens is 650 g/mol. The van der Waals surface area contributed by atoms with Crippen LogP contribution in [-0.4, -0.2) is 88.4 Å². The summed E-state index contributed by atoms with van der Waals surface area (Å²) in [6, 6.07) is 23.7. The smallest absolute Gasteiger partial charge is 0.322 e.